The number of aromatic nitrogens is 2. The van der Waals surface area contributed by atoms with Crippen molar-refractivity contribution >= 4 is 11.6 Å². The van der Waals surface area contributed by atoms with Gasteiger partial charge < -0.3 is 5.73 Å². The summed E-state index contributed by atoms with van der Waals surface area (Å²) < 4.78 is 1.70. The Morgan fingerprint density at radius 2 is 2.00 bits per heavy atom. The Hall–Kier alpha value is -1.32. The lowest BCUT2D eigenvalue weighted by Crippen LogP contribution is -2.18. The fourth-order valence-corrected chi connectivity index (χ4v) is 2.08. The molecule has 1 atom stereocenters. The van der Waals surface area contributed by atoms with Crippen LogP contribution in [0.2, 0.25) is 5.15 Å². The largest absolute Gasteiger partial charge is 0.328 e. The first-order valence-corrected chi connectivity index (χ1v) is 5.99. The lowest BCUT2D eigenvalue weighted by molar-refractivity contribution is 0.734. The molecule has 1 aromatic carbocycles. The summed E-state index contributed by atoms with van der Waals surface area (Å²) in [5, 5.41) is 5.13. The number of hydrogen-bond acceptors (Lipinski definition) is 2. The van der Waals surface area contributed by atoms with Crippen molar-refractivity contribution in [3.05, 3.63) is 41.0 Å². The fourth-order valence-electron chi connectivity index (χ4n) is 1.88. The first-order valence-electron chi connectivity index (χ1n) is 5.62. The molecule has 0 aliphatic heterocycles. The van der Waals surface area contributed by atoms with Gasteiger partial charge in [0.2, 0.25) is 0 Å². The molecule has 90 valence electrons. The summed E-state index contributed by atoms with van der Waals surface area (Å²) in [6, 6.07) is 10.1. The van der Waals surface area contributed by atoms with Gasteiger partial charge in [0.1, 0.15) is 5.15 Å². The highest BCUT2D eigenvalue weighted by Crippen LogP contribution is 2.28. The summed E-state index contributed by atoms with van der Waals surface area (Å²) >= 11 is 6.25. The maximum absolute atomic E-state index is 6.25. The van der Waals surface area contributed by atoms with E-state index in [0.717, 1.165) is 23.2 Å². The smallest absolute Gasteiger partial charge is 0.130 e. The van der Waals surface area contributed by atoms with Gasteiger partial charge in [-0.25, -0.2) is 0 Å². The zero-order valence-electron chi connectivity index (χ0n) is 10.0. The van der Waals surface area contributed by atoms with Gasteiger partial charge in [0.25, 0.3) is 0 Å². The van der Waals surface area contributed by atoms with Gasteiger partial charge >= 0.3 is 0 Å². The van der Waals surface area contributed by atoms with Gasteiger partial charge in [-0.05, 0) is 13.3 Å². The summed E-state index contributed by atoms with van der Waals surface area (Å²) in [6.45, 7) is 1.97. The Labute approximate surface area is 106 Å². The number of aryl methyl sites for hydroxylation is 1. The van der Waals surface area contributed by atoms with Gasteiger partial charge in [-0.1, -0.05) is 41.9 Å². The molecule has 0 bridgehead atoms. The van der Waals surface area contributed by atoms with Crippen molar-refractivity contribution in [2.24, 2.45) is 12.8 Å². The molecule has 0 amide bonds. The SMILES string of the molecule is CC(N)Cc1c(-c2ccccc2)nn(C)c1Cl. The molecule has 2 N–H and O–H groups in total. The molecule has 0 fully saturated rings. The highest BCUT2D eigenvalue weighted by Gasteiger charge is 2.16. The molecule has 2 rings (SSSR count). The van der Waals surface area contributed by atoms with Crippen LogP contribution in [0.4, 0.5) is 0 Å². The summed E-state index contributed by atoms with van der Waals surface area (Å²) in [5.41, 5.74) is 8.88. The standard InChI is InChI=1S/C13H16ClN3/c1-9(15)8-11-12(16-17(2)13(11)14)10-6-4-3-5-7-10/h3-7,9H,8,15H2,1-2H3. The minimum absolute atomic E-state index is 0.0687. The lowest BCUT2D eigenvalue weighted by atomic mass is 10.0. The van der Waals surface area contributed by atoms with Crippen molar-refractivity contribution in [1.29, 1.82) is 0 Å². The molecule has 3 nitrogen and oxygen atoms in total. The second kappa shape index (κ2) is 4.90. The number of benzene rings is 1. The Kier molecular flexibility index (Phi) is 3.50. The van der Waals surface area contributed by atoms with Crippen LogP contribution in [-0.4, -0.2) is 15.8 Å². The van der Waals surface area contributed by atoms with Crippen LogP contribution < -0.4 is 5.73 Å². The molecule has 0 aliphatic carbocycles. The van der Waals surface area contributed by atoms with Crippen molar-refractivity contribution in [3.63, 3.8) is 0 Å². The third-order valence-electron chi connectivity index (χ3n) is 2.64. The number of hydrogen-bond donors (Lipinski definition) is 1. The van der Waals surface area contributed by atoms with E-state index in [2.05, 4.69) is 5.10 Å². The van der Waals surface area contributed by atoms with Crippen LogP contribution in [-0.2, 0) is 13.5 Å². The monoisotopic (exact) mass is 249 g/mol. The summed E-state index contributed by atoms with van der Waals surface area (Å²) in [4.78, 5) is 0. The average Bonchev–Trinajstić information content (AvgIpc) is 2.58. The zero-order chi connectivity index (χ0) is 12.4. The minimum atomic E-state index is 0.0687. The molecular formula is C13H16ClN3. The fraction of sp³-hybridized carbons (Fsp3) is 0.308. The normalized spacial score (nSPS) is 12.7. The van der Waals surface area contributed by atoms with E-state index in [1.807, 2.05) is 44.3 Å². The van der Waals surface area contributed by atoms with E-state index in [0.29, 0.717) is 5.15 Å². The molecule has 0 saturated carbocycles. The predicted octanol–water partition coefficient (Wildman–Crippen LogP) is 2.63. The van der Waals surface area contributed by atoms with Crippen LogP contribution >= 0.6 is 11.6 Å². The van der Waals surface area contributed by atoms with E-state index >= 15 is 0 Å². The highest BCUT2D eigenvalue weighted by molar-refractivity contribution is 6.30. The maximum Gasteiger partial charge on any atom is 0.130 e. The topological polar surface area (TPSA) is 43.8 Å². The number of rotatable bonds is 3. The highest BCUT2D eigenvalue weighted by atomic mass is 35.5. The average molecular weight is 250 g/mol. The molecule has 17 heavy (non-hydrogen) atoms. The Balaban J connectivity index is 2.50. The van der Waals surface area contributed by atoms with E-state index in [9.17, 15) is 0 Å². The zero-order valence-corrected chi connectivity index (χ0v) is 10.8. The van der Waals surface area contributed by atoms with Crippen LogP contribution in [0.1, 0.15) is 12.5 Å². The van der Waals surface area contributed by atoms with Crippen LogP contribution in [0, 0.1) is 0 Å². The second-order valence-corrected chi connectivity index (χ2v) is 4.65. The molecule has 0 saturated heterocycles. The lowest BCUT2D eigenvalue weighted by Gasteiger charge is -2.06. The van der Waals surface area contributed by atoms with Crippen LogP contribution in [0.5, 0.6) is 0 Å². The molecule has 1 aromatic heterocycles. The Morgan fingerprint density at radius 1 is 1.35 bits per heavy atom. The maximum atomic E-state index is 6.25. The molecule has 4 heteroatoms. The molecular weight excluding hydrogens is 234 g/mol. The first kappa shape index (κ1) is 12.1. The summed E-state index contributed by atoms with van der Waals surface area (Å²) in [6.07, 6.45) is 0.733. The van der Waals surface area contributed by atoms with Crippen molar-refractivity contribution in [2.45, 2.75) is 19.4 Å². The number of halogens is 1. The molecule has 0 aliphatic rings. The van der Waals surface area contributed by atoms with Gasteiger partial charge in [-0.15, -0.1) is 0 Å². The van der Waals surface area contributed by atoms with Gasteiger partial charge in [-0.2, -0.15) is 5.10 Å². The van der Waals surface area contributed by atoms with Crippen LogP contribution in [0.15, 0.2) is 30.3 Å². The predicted molar refractivity (Wildman–Crippen MR) is 71.0 cm³/mol. The van der Waals surface area contributed by atoms with Gasteiger partial charge in [0.05, 0.1) is 5.69 Å². The Bertz CT molecular complexity index is 503. The van der Waals surface area contributed by atoms with Crippen molar-refractivity contribution < 1.29 is 0 Å². The van der Waals surface area contributed by atoms with E-state index in [1.54, 1.807) is 4.68 Å². The molecule has 1 unspecified atom stereocenters. The van der Waals surface area contributed by atoms with Crippen molar-refractivity contribution in [2.75, 3.05) is 0 Å². The van der Waals surface area contributed by atoms with Crippen molar-refractivity contribution in [1.82, 2.24) is 9.78 Å². The number of nitrogens with two attached hydrogens (primary N) is 1. The number of nitrogens with zero attached hydrogens (tertiary/aromatic N) is 2. The molecule has 0 radical (unpaired) electrons. The molecule has 2 aromatic rings. The van der Waals surface area contributed by atoms with E-state index in [-0.39, 0.29) is 6.04 Å². The summed E-state index contributed by atoms with van der Waals surface area (Å²) in [7, 11) is 1.85. The van der Waals surface area contributed by atoms with E-state index in [1.165, 1.54) is 0 Å². The van der Waals surface area contributed by atoms with Gasteiger partial charge in [0, 0.05) is 24.2 Å². The summed E-state index contributed by atoms with van der Waals surface area (Å²) in [5.74, 6) is 0. The molecule has 0 spiro atoms. The van der Waals surface area contributed by atoms with Gasteiger partial charge in [-0.3, -0.25) is 4.68 Å². The Morgan fingerprint density at radius 3 is 2.59 bits per heavy atom. The van der Waals surface area contributed by atoms with E-state index in [4.69, 9.17) is 17.3 Å². The minimum Gasteiger partial charge on any atom is -0.328 e. The van der Waals surface area contributed by atoms with Crippen LogP contribution in [0.3, 0.4) is 0 Å². The second-order valence-electron chi connectivity index (χ2n) is 4.29. The molecule has 1 heterocycles. The van der Waals surface area contributed by atoms with Gasteiger partial charge in [0.15, 0.2) is 0 Å². The third-order valence-corrected chi connectivity index (χ3v) is 3.12. The van der Waals surface area contributed by atoms with E-state index < -0.39 is 0 Å². The van der Waals surface area contributed by atoms with Crippen LogP contribution in [0.25, 0.3) is 11.3 Å². The van der Waals surface area contributed by atoms with Crippen molar-refractivity contribution in [3.8, 4) is 11.3 Å². The quantitative estimate of drug-likeness (QED) is 0.909. The first-order chi connectivity index (χ1) is 8.09. The third kappa shape index (κ3) is 2.51.